The monoisotopic (exact) mass is 632 g/mol. The highest BCUT2D eigenvalue weighted by atomic mass is 35.5. The van der Waals surface area contributed by atoms with Gasteiger partial charge in [-0.05, 0) is 99.5 Å². The number of allylic oxidation sites excluding steroid dienone is 1. The van der Waals surface area contributed by atoms with Crippen LogP contribution in [0, 0.1) is 40.4 Å². The summed E-state index contributed by atoms with van der Waals surface area (Å²) in [7, 11) is 0. The minimum absolute atomic E-state index is 0.00780. The maximum Gasteiger partial charge on any atom is 0.337 e. The highest BCUT2D eigenvalue weighted by molar-refractivity contribution is 6.22. The quantitative estimate of drug-likeness (QED) is 0.161. The van der Waals surface area contributed by atoms with E-state index in [2.05, 4.69) is 20.8 Å². The Kier molecular flexibility index (Phi) is 9.82. The number of cyclic esters (lactones) is 1. The molecule has 1 heterocycles. The standard InChI is InChI=1S/C36H53ClO7/c1-6-7-8-9-10-11-32(40)43-20-24-21(2)18-28(44-33(24)41)22(3)25-12-13-26-23-19-29(37)36(42)31(39)15-14-30(38)35(36,5)27(23)16-17-34(25,26)4/h14-15,22-23,25-29,31,39,42H,6-13,16-20H2,1-5H3/t22-,23-,25+,26-,27-,28+,29-,31-,34+,35-,36-/m0/s1. The maximum atomic E-state index is 13.4. The van der Waals surface area contributed by atoms with Crippen molar-refractivity contribution in [2.45, 2.75) is 135 Å². The summed E-state index contributed by atoms with van der Waals surface area (Å²) in [6.45, 7) is 10.5. The molecule has 0 amide bonds. The number of halogens is 1. The van der Waals surface area contributed by atoms with Gasteiger partial charge in [-0.3, -0.25) is 9.59 Å². The molecule has 0 aromatic heterocycles. The lowest BCUT2D eigenvalue weighted by molar-refractivity contribution is -0.215. The number of aliphatic hydroxyl groups is 2. The summed E-state index contributed by atoms with van der Waals surface area (Å²) in [5, 5.41) is 21.9. The molecular formula is C36H53ClO7. The lowest BCUT2D eigenvalue weighted by atomic mass is 9.43. The van der Waals surface area contributed by atoms with Crippen molar-refractivity contribution >= 4 is 29.3 Å². The molecule has 8 heteroatoms. The lowest BCUT2D eigenvalue weighted by Crippen LogP contribution is -2.72. The Bertz CT molecular complexity index is 1190. The molecule has 0 spiro atoms. The topological polar surface area (TPSA) is 110 Å². The summed E-state index contributed by atoms with van der Waals surface area (Å²) in [5.74, 6) is 0.141. The number of unbranched alkanes of at least 4 members (excludes halogenated alkanes) is 4. The molecule has 44 heavy (non-hydrogen) atoms. The summed E-state index contributed by atoms with van der Waals surface area (Å²) in [6, 6.07) is 0. The van der Waals surface area contributed by atoms with Crippen LogP contribution in [0.3, 0.4) is 0 Å². The molecule has 0 aromatic rings. The van der Waals surface area contributed by atoms with Crippen LogP contribution in [0.15, 0.2) is 23.3 Å². The van der Waals surface area contributed by atoms with Crippen molar-refractivity contribution in [3.63, 3.8) is 0 Å². The third-order valence-corrected chi connectivity index (χ3v) is 13.6. The second-order valence-corrected chi connectivity index (χ2v) is 15.6. The van der Waals surface area contributed by atoms with Crippen molar-refractivity contribution in [3.05, 3.63) is 23.3 Å². The number of rotatable bonds is 10. The first-order valence-corrected chi connectivity index (χ1v) is 17.6. The van der Waals surface area contributed by atoms with Gasteiger partial charge in [0.2, 0.25) is 0 Å². The van der Waals surface area contributed by atoms with Gasteiger partial charge in [-0.25, -0.2) is 4.79 Å². The second kappa shape index (κ2) is 12.8. The molecule has 3 saturated carbocycles. The summed E-state index contributed by atoms with van der Waals surface area (Å²) in [6.07, 6.45) is 12.0. The van der Waals surface area contributed by atoms with Crippen LogP contribution in [0.5, 0.6) is 0 Å². The number of carbonyl (C=O) groups excluding carboxylic acids is 3. The number of fused-ring (bicyclic) bond motifs is 5. The Labute approximate surface area is 268 Å². The number of ether oxygens (including phenoxy) is 2. The molecule has 5 rings (SSSR count). The van der Waals surface area contributed by atoms with Crippen molar-refractivity contribution < 1.29 is 34.1 Å². The zero-order valence-corrected chi connectivity index (χ0v) is 28.0. The first-order valence-electron chi connectivity index (χ1n) is 17.1. The molecule has 5 aliphatic rings. The number of carbonyl (C=O) groups is 3. The fourth-order valence-corrected chi connectivity index (χ4v) is 10.9. The molecule has 2 N–H and O–H groups in total. The zero-order valence-electron chi connectivity index (χ0n) is 27.3. The fraction of sp³-hybridized carbons (Fsp3) is 0.806. The molecule has 1 aliphatic heterocycles. The Balaban J connectivity index is 1.24. The first-order chi connectivity index (χ1) is 20.8. The second-order valence-electron chi connectivity index (χ2n) is 15.1. The van der Waals surface area contributed by atoms with E-state index in [1.807, 2.05) is 13.8 Å². The summed E-state index contributed by atoms with van der Waals surface area (Å²) in [5.41, 5.74) is -1.41. The van der Waals surface area contributed by atoms with Gasteiger partial charge in [0, 0.05) is 12.8 Å². The van der Waals surface area contributed by atoms with Gasteiger partial charge in [-0.1, -0.05) is 52.0 Å². The van der Waals surface area contributed by atoms with Crippen LogP contribution in [0.25, 0.3) is 0 Å². The van der Waals surface area contributed by atoms with E-state index < -0.39 is 22.5 Å². The molecule has 11 atom stereocenters. The van der Waals surface area contributed by atoms with Crippen molar-refractivity contribution in [2.75, 3.05) is 6.61 Å². The maximum absolute atomic E-state index is 13.4. The van der Waals surface area contributed by atoms with E-state index in [4.69, 9.17) is 21.1 Å². The summed E-state index contributed by atoms with van der Waals surface area (Å²) >= 11 is 6.90. The van der Waals surface area contributed by atoms with Crippen LogP contribution in [0.1, 0.15) is 112 Å². The van der Waals surface area contributed by atoms with Crippen molar-refractivity contribution in [1.29, 1.82) is 0 Å². The van der Waals surface area contributed by atoms with E-state index in [0.29, 0.717) is 36.7 Å². The molecule has 0 aromatic carbocycles. The van der Waals surface area contributed by atoms with Crippen LogP contribution < -0.4 is 0 Å². The van der Waals surface area contributed by atoms with Gasteiger partial charge >= 0.3 is 11.9 Å². The molecule has 0 bridgehead atoms. The Morgan fingerprint density at radius 3 is 2.57 bits per heavy atom. The smallest absolute Gasteiger partial charge is 0.337 e. The molecular weight excluding hydrogens is 580 g/mol. The average molecular weight is 633 g/mol. The Morgan fingerprint density at radius 2 is 1.86 bits per heavy atom. The summed E-state index contributed by atoms with van der Waals surface area (Å²) < 4.78 is 11.5. The van der Waals surface area contributed by atoms with Crippen LogP contribution in [0.4, 0.5) is 0 Å². The van der Waals surface area contributed by atoms with Gasteiger partial charge < -0.3 is 19.7 Å². The molecule has 246 valence electrons. The van der Waals surface area contributed by atoms with Gasteiger partial charge in [0.15, 0.2) is 5.78 Å². The van der Waals surface area contributed by atoms with Crippen LogP contribution in [0.2, 0.25) is 0 Å². The number of ketones is 1. The Morgan fingerprint density at radius 1 is 1.14 bits per heavy atom. The predicted molar refractivity (Wildman–Crippen MR) is 169 cm³/mol. The zero-order chi connectivity index (χ0) is 32.0. The van der Waals surface area contributed by atoms with Gasteiger partial charge in [-0.15, -0.1) is 11.6 Å². The number of hydrogen-bond acceptors (Lipinski definition) is 7. The summed E-state index contributed by atoms with van der Waals surface area (Å²) in [4.78, 5) is 38.8. The van der Waals surface area contributed by atoms with Crippen LogP contribution in [-0.2, 0) is 23.9 Å². The largest absolute Gasteiger partial charge is 0.461 e. The molecule has 3 fully saturated rings. The van der Waals surface area contributed by atoms with Gasteiger partial charge in [0.1, 0.15) is 24.4 Å². The lowest BCUT2D eigenvalue weighted by Gasteiger charge is -2.64. The number of alkyl halides is 1. The van der Waals surface area contributed by atoms with E-state index in [9.17, 15) is 24.6 Å². The van der Waals surface area contributed by atoms with E-state index in [0.717, 1.165) is 56.9 Å². The molecule has 7 nitrogen and oxygen atoms in total. The minimum Gasteiger partial charge on any atom is -0.461 e. The number of esters is 2. The van der Waals surface area contributed by atoms with Crippen molar-refractivity contribution in [2.24, 2.45) is 40.4 Å². The van der Waals surface area contributed by atoms with E-state index in [1.54, 1.807) is 0 Å². The fourth-order valence-electron chi connectivity index (χ4n) is 10.3. The predicted octanol–water partition coefficient (Wildman–Crippen LogP) is 6.47. The molecule has 0 unspecified atom stereocenters. The number of hydrogen-bond donors (Lipinski definition) is 2. The van der Waals surface area contributed by atoms with E-state index in [-0.39, 0.29) is 53.6 Å². The Hall–Kier alpha value is -1.70. The molecule has 0 radical (unpaired) electrons. The van der Waals surface area contributed by atoms with E-state index in [1.165, 1.54) is 18.6 Å². The van der Waals surface area contributed by atoms with Gasteiger partial charge in [0.25, 0.3) is 0 Å². The van der Waals surface area contributed by atoms with Crippen molar-refractivity contribution in [3.8, 4) is 0 Å². The molecule has 4 aliphatic carbocycles. The van der Waals surface area contributed by atoms with Crippen molar-refractivity contribution in [1.82, 2.24) is 0 Å². The average Bonchev–Trinajstić information content (AvgIpc) is 3.34. The highest BCUT2D eigenvalue weighted by Crippen LogP contribution is 2.69. The minimum atomic E-state index is -1.68. The van der Waals surface area contributed by atoms with E-state index >= 15 is 0 Å². The third-order valence-electron chi connectivity index (χ3n) is 13.0. The molecule has 0 saturated heterocycles. The van der Waals surface area contributed by atoms with Gasteiger partial charge in [0.05, 0.1) is 16.4 Å². The highest BCUT2D eigenvalue weighted by Gasteiger charge is 2.71. The van der Waals surface area contributed by atoms with Crippen LogP contribution >= 0.6 is 11.6 Å². The SMILES string of the molecule is CCCCCCCC(=O)OCC1=C(C)C[C@H]([C@@H](C)[C@H]2CC[C@H]3[C@@H]4C[C@H](Cl)[C@]5(O)[C@@H](O)C=CC(=O)[C@]5(C)[C@H]4CC[C@]23C)OC1=O. The van der Waals surface area contributed by atoms with Crippen LogP contribution in [-0.4, -0.2) is 57.7 Å². The first kappa shape index (κ1) is 33.7. The normalized spacial score (nSPS) is 42.3. The number of aliphatic hydroxyl groups excluding tert-OH is 1. The third kappa shape index (κ3) is 5.41. The van der Waals surface area contributed by atoms with Gasteiger partial charge in [-0.2, -0.15) is 0 Å².